The van der Waals surface area contributed by atoms with Crippen molar-refractivity contribution >= 4 is 32.7 Å². The lowest BCUT2D eigenvalue weighted by Crippen LogP contribution is -2.10. The zero-order valence-electron chi connectivity index (χ0n) is 13.0. The second kappa shape index (κ2) is 6.98. The fourth-order valence-electron chi connectivity index (χ4n) is 1.97. The Labute approximate surface area is 139 Å². The maximum absolute atomic E-state index is 11.6. The van der Waals surface area contributed by atoms with Crippen LogP contribution in [0.15, 0.2) is 36.4 Å². The number of fused-ring (bicyclic) bond motifs is 1. The monoisotopic (exact) mass is 350 g/mol. The predicted molar refractivity (Wildman–Crippen MR) is 90.8 cm³/mol. The normalized spacial score (nSPS) is 13.8. The van der Waals surface area contributed by atoms with Crippen LogP contribution in [0.2, 0.25) is 0 Å². The van der Waals surface area contributed by atoms with E-state index < -0.39 is 10.1 Å². The van der Waals surface area contributed by atoms with Crippen LogP contribution in [-0.2, 0) is 14.9 Å². The number of esters is 1. The van der Waals surface area contributed by atoms with Gasteiger partial charge in [-0.05, 0) is 41.8 Å². The Morgan fingerprint density at radius 1 is 1.21 bits per heavy atom. The Bertz CT molecular complexity index is 880. The Balaban J connectivity index is 0.000000368. The summed E-state index contributed by atoms with van der Waals surface area (Å²) in [5, 5.41) is 9.34. The standard InChI is InChI=1S/C15H14N2O2.CH4O3S/c16-14(17)12-4-3-11-8-13(6-5-10(11)7-12)19-15(18)9-1-2-9;1-5(2,3)4/h3-9H,1-2H2,(H3,16,17);1H3,(H,2,3,4). The molecule has 1 fully saturated rings. The van der Waals surface area contributed by atoms with Gasteiger partial charge in [-0.15, -0.1) is 0 Å². The van der Waals surface area contributed by atoms with Crippen molar-refractivity contribution in [2.24, 2.45) is 11.7 Å². The molecule has 0 unspecified atom stereocenters. The van der Waals surface area contributed by atoms with Gasteiger partial charge < -0.3 is 10.5 Å². The molecule has 3 rings (SSSR count). The maximum atomic E-state index is 11.6. The summed E-state index contributed by atoms with van der Waals surface area (Å²) in [6, 6.07) is 11.0. The van der Waals surface area contributed by atoms with Gasteiger partial charge in [0.2, 0.25) is 0 Å². The fraction of sp³-hybridized carbons (Fsp3) is 0.250. The number of rotatable bonds is 3. The minimum absolute atomic E-state index is 0.0473. The van der Waals surface area contributed by atoms with E-state index in [2.05, 4.69) is 0 Å². The van der Waals surface area contributed by atoms with Crippen LogP contribution in [0.25, 0.3) is 10.8 Å². The van der Waals surface area contributed by atoms with E-state index in [9.17, 15) is 13.2 Å². The summed E-state index contributed by atoms with van der Waals surface area (Å²) in [4.78, 5) is 11.6. The van der Waals surface area contributed by atoms with Gasteiger partial charge in [-0.3, -0.25) is 14.8 Å². The lowest BCUT2D eigenvalue weighted by molar-refractivity contribution is -0.135. The molecule has 8 heteroatoms. The highest BCUT2D eigenvalue weighted by molar-refractivity contribution is 7.85. The van der Waals surface area contributed by atoms with Gasteiger partial charge in [0.1, 0.15) is 11.6 Å². The van der Waals surface area contributed by atoms with Gasteiger partial charge >= 0.3 is 5.97 Å². The predicted octanol–water partition coefficient (Wildman–Crippen LogP) is 1.94. The number of nitrogen functional groups attached to an aromatic ring is 1. The van der Waals surface area contributed by atoms with E-state index in [-0.39, 0.29) is 17.7 Å². The number of hydrogen-bond acceptors (Lipinski definition) is 5. The van der Waals surface area contributed by atoms with E-state index >= 15 is 0 Å². The van der Waals surface area contributed by atoms with E-state index in [4.69, 9.17) is 20.4 Å². The molecule has 0 radical (unpaired) electrons. The highest BCUT2D eigenvalue weighted by Crippen LogP contribution is 2.31. The van der Waals surface area contributed by atoms with Gasteiger partial charge in [-0.2, -0.15) is 8.42 Å². The zero-order chi connectivity index (χ0) is 17.9. The maximum Gasteiger partial charge on any atom is 0.314 e. The summed E-state index contributed by atoms with van der Waals surface area (Å²) in [6.45, 7) is 0. The molecule has 24 heavy (non-hydrogen) atoms. The van der Waals surface area contributed by atoms with E-state index in [0.717, 1.165) is 23.6 Å². The second-order valence-corrected chi connectivity index (χ2v) is 7.03. The lowest BCUT2D eigenvalue weighted by Gasteiger charge is -2.06. The number of carbonyl (C=O) groups excluding carboxylic acids is 1. The van der Waals surface area contributed by atoms with Crippen molar-refractivity contribution in [2.75, 3.05) is 6.26 Å². The van der Waals surface area contributed by atoms with Crippen LogP contribution in [0.4, 0.5) is 0 Å². The smallest absolute Gasteiger partial charge is 0.314 e. The quantitative estimate of drug-likeness (QED) is 0.255. The average molecular weight is 350 g/mol. The summed E-state index contributed by atoms with van der Waals surface area (Å²) in [7, 11) is -3.67. The Hall–Kier alpha value is -2.45. The number of nitrogens with one attached hydrogen (secondary N) is 1. The number of benzene rings is 2. The number of hydrogen-bond donors (Lipinski definition) is 3. The summed E-state index contributed by atoms with van der Waals surface area (Å²) < 4.78 is 31.2. The molecule has 1 saturated carbocycles. The van der Waals surface area contributed by atoms with Crippen LogP contribution in [0, 0.1) is 11.3 Å². The van der Waals surface area contributed by atoms with E-state index in [0.29, 0.717) is 17.6 Å². The summed E-state index contributed by atoms with van der Waals surface area (Å²) in [5.74, 6) is 0.571. The van der Waals surface area contributed by atoms with Gasteiger partial charge in [0, 0.05) is 5.56 Å². The molecular weight excluding hydrogens is 332 g/mol. The number of amidine groups is 1. The number of ether oxygens (including phenoxy) is 1. The van der Waals surface area contributed by atoms with Crippen molar-refractivity contribution in [3.63, 3.8) is 0 Å². The first-order chi connectivity index (χ1) is 11.1. The summed E-state index contributed by atoms with van der Waals surface area (Å²) >= 11 is 0. The molecule has 2 aromatic rings. The molecule has 0 spiro atoms. The van der Waals surface area contributed by atoms with Gasteiger partial charge in [0.15, 0.2) is 0 Å². The van der Waals surface area contributed by atoms with Crippen molar-refractivity contribution in [1.29, 1.82) is 5.41 Å². The van der Waals surface area contributed by atoms with E-state index in [1.807, 2.05) is 24.3 Å². The summed E-state index contributed by atoms with van der Waals surface area (Å²) in [5.41, 5.74) is 6.14. The highest BCUT2D eigenvalue weighted by Gasteiger charge is 2.31. The van der Waals surface area contributed by atoms with Crippen molar-refractivity contribution in [3.05, 3.63) is 42.0 Å². The topological polar surface area (TPSA) is 131 Å². The van der Waals surface area contributed by atoms with E-state index in [1.54, 1.807) is 12.1 Å². The Morgan fingerprint density at radius 3 is 2.29 bits per heavy atom. The zero-order valence-corrected chi connectivity index (χ0v) is 13.8. The van der Waals surface area contributed by atoms with Gasteiger partial charge in [0.25, 0.3) is 10.1 Å². The third-order valence-corrected chi connectivity index (χ3v) is 3.25. The first kappa shape index (κ1) is 17.9. The molecule has 0 bridgehead atoms. The molecule has 0 aromatic heterocycles. The van der Waals surface area contributed by atoms with Gasteiger partial charge in [-0.25, -0.2) is 0 Å². The minimum atomic E-state index is -3.67. The molecule has 1 aliphatic carbocycles. The molecule has 0 saturated heterocycles. The molecule has 2 aromatic carbocycles. The van der Waals surface area contributed by atoms with Crippen molar-refractivity contribution < 1.29 is 22.5 Å². The van der Waals surface area contributed by atoms with E-state index in [1.165, 1.54) is 0 Å². The van der Waals surface area contributed by atoms with Crippen molar-refractivity contribution in [2.45, 2.75) is 12.8 Å². The van der Waals surface area contributed by atoms with Crippen LogP contribution in [0.1, 0.15) is 18.4 Å². The van der Waals surface area contributed by atoms with Gasteiger partial charge in [-0.1, -0.05) is 18.2 Å². The van der Waals surface area contributed by atoms with Crippen molar-refractivity contribution in [3.8, 4) is 5.75 Å². The Kier molecular flexibility index (Phi) is 5.20. The fourth-order valence-corrected chi connectivity index (χ4v) is 1.97. The number of nitrogens with two attached hydrogens (primary N) is 1. The molecule has 1 aliphatic rings. The lowest BCUT2D eigenvalue weighted by atomic mass is 10.1. The second-order valence-electron chi connectivity index (χ2n) is 5.57. The molecule has 0 amide bonds. The Morgan fingerprint density at radius 2 is 1.75 bits per heavy atom. The molecular formula is C16H18N2O5S. The minimum Gasteiger partial charge on any atom is -0.426 e. The van der Waals surface area contributed by atoms with Crippen LogP contribution < -0.4 is 10.5 Å². The molecule has 0 atom stereocenters. The summed E-state index contributed by atoms with van der Waals surface area (Å²) in [6.07, 6.45) is 2.59. The van der Waals surface area contributed by atoms with Crippen LogP contribution in [0.5, 0.6) is 5.75 Å². The van der Waals surface area contributed by atoms with Crippen molar-refractivity contribution in [1.82, 2.24) is 0 Å². The largest absolute Gasteiger partial charge is 0.426 e. The average Bonchev–Trinajstić information content (AvgIpc) is 3.29. The third kappa shape index (κ3) is 5.64. The van der Waals surface area contributed by atoms with Crippen LogP contribution in [0.3, 0.4) is 0 Å². The first-order valence-electron chi connectivity index (χ1n) is 7.16. The SMILES string of the molecule is CS(=O)(=O)O.N=C(N)c1ccc2cc(OC(=O)C3CC3)ccc2c1. The van der Waals surface area contributed by atoms with Crippen LogP contribution in [-0.4, -0.2) is 31.0 Å². The molecule has 4 N–H and O–H groups in total. The third-order valence-electron chi connectivity index (χ3n) is 3.25. The van der Waals surface area contributed by atoms with Crippen LogP contribution >= 0.6 is 0 Å². The number of carbonyl (C=O) groups is 1. The first-order valence-corrected chi connectivity index (χ1v) is 9.00. The molecule has 128 valence electrons. The molecule has 0 aliphatic heterocycles. The molecule has 7 nitrogen and oxygen atoms in total. The van der Waals surface area contributed by atoms with Gasteiger partial charge in [0.05, 0.1) is 12.2 Å². The molecule has 0 heterocycles. The highest BCUT2D eigenvalue weighted by atomic mass is 32.2.